The number of fused-ring (bicyclic) bond motifs is 1. The fourth-order valence-corrected chi connectivity index (χ4v) is 3.15. The molecule has 0 atom stereocenters. The Kier molecular flexibility index (Phi) is 5.42. The summed E-state index contributed by atoms with van der Waals surface area (Å²) >= 11 is 0. The van der Waals surface area contributed by atoms with Crippen LogP contribution in [0.25, 0.3) is 10.9 Å². The van der Waals surface area contributed by atoms with Gasteiger partial charge in [-0.2, -0.15) is 0 Å². The monoisotopic (exact) mass is 387 g/mol. The molecule has 0 aliphatic heterocycles. The number of aromatic nitrogens is 1. The van der Waals surface area contributed by atoms with Crippen molar-refractivity contribution in [2.45, 2.75) is 19.5 Å². The molecule has 4 aromatic rings. The molecule has 0 unspecified atom stereocenters. The molecule has 0 fully saturated rings. The second-order valence-corrected chi connectivity index (χ2v) is 6.72. The van der Waals surface area contributed by atoms with Crippen molar-refractivity contribution in [3.8, 4) is 0 Å². The van der Waals surface area contributed by atoms with Gasteiger partial charge >= 0.3 is 0 Å². The number of aryl methyl sites for hydroxylation is 1. The number of amides is 2. The maximum atomic E-state index is 12.2. The number of nitrogens with one attached hydrogen (secondary N) is 2. The predicted octanol–water partition coefficient (Wildman–Crippen LogP) is 4.19. The Morgan fingerprint density at radius 3 is 2.55 bits per heavy atom. The van der Waals surface area contributed by atoms with E-state index in [-0.39, 0.29) is 17.6 Å². The third-order valence-corrected chi connectivity index (χ3v) is 4.71. The van der Waals surface area contributed by atoms with Gasteiger partial charge in [0.15, 0.2) is 5.76 Å². The number of hydrogen-bond acceptors (Lipinski definition) is 3. The molecule has 2 aromatic carbocycles. The highest BCUT2D eigenvalue weighted by molar-refractivity contribution is 6.02. The Morgan fingerprint density at radius 2 is 1.76 bits per heavy atom. The number of benzene rings is 2. The largest absolute Gasteiger partial charge is 0.459 e. The SMILES string of the molecule is O=C(CCn1ccc2ccccc21)NCc1ccc(NC(=O)c2ccco2)cc1. The third-order valence-electron chi connectivity index (χ3n) is 4.71. The molecule has 6 heteroatoms. The minimum absolute atomic E-state index is 0.00187. The molecule has 0 aliphatic rings. The van der Waals surface area contributed by atoms with Crippen molar-refractivity contribution in [3.05, 3.63) is 90.5 Å². The van der Waals surface area contributed by atoms with E-state index in [4.69, 9.17) is 4.42 Å². The van der Waals surface area contributed by atoms with Crippen LogP contribution >= 0.6 is 0 Å². The van der Waals surface area contributed by atoms with Crippen molar-refractivity contribution < 1.29 is 14.0 Å². The van der Waals surface area contributed by atoms with Crippen LogP contribution in [0.2, 0.25) is 0 Å². The highest BCUT2D eigenvalue weighted by Crippen LogP contribution is 2.15. The number of furan rings is 1. The van der Waals surface area contributed by atoms with Gasteiger partial charge in [-0.05, 0) is 47.3 Å². The lowest BCUT2D eigenvalue weighted by Gasteiger charge is -2.08. The van der Waals surface area contributed by atoms with Crippen molar-refractivity contribution in [1.82, 2.24) is 9.88 Å². The Bertz CT molecular complexity index is 1110. The molecule has 0 saturated heterocycles. The number of hydrogen-bond donors (Lipinski definition) is 2. The fourth-order valence-electron chi connectivity index (χ4n) is 3.15. The highest BCUT2D eigenvalue weighted by atomic mass is 16.3. The van der Waals surface area contributed by atoms with Gasteiger partial charge in [0, 0.05) is 36.9 Å². The Morgan fingerprint density at radius 1 is 0.931 bits per heavy atom. The van der Waals surface area contributed by atoms with Crippen LogP contribution < -0.4 is 10.6 Å². The van der Waals surface area contributed by atoms with E-state index >= 15 is 0 Å². The first kappa shape index (κ1) is 18.6. The van der Waals surface area contributed by atoms with Crippen LogP contribution in [0, 0.1) is 0 Å². The van der Waals surface area contributed by atoms with Gasteiger partial charge in [-0.3, -0.25) is 9.59 Å². The summed E-state index contributed by atoms with van der Waals surface area (Å²) in [6, 6.07) is 20.8. The van der Waals surface area contributed by atoms with Crippen LogP contribution in [0.4, 0.5) is 5.69 Å². The molecule has 2 aromatic heterocycles. The smallest absolute Gasteiger partial charge is 0.291 e. The van der Waals surface area contributed by atoms with E-state index in [1.54, 1.807) is 24.3 Å². The summed E-state index contributed by atoms with van der Waals surface area (Å²) in [5, 5.41) is 6.87. The molecule has 0 radical (unpaired) electrons. The van der Waals surface area contributed by atoms with Gasteiger partial charge < -0.3 is 19.6 Å². The van der Waals surface area contributed by atoms with Crippen molar-refractivity contribution in [1.29, 1.82) is 0 Å². The number of para-hydroxylation sites is 1. The predicted molar refractivity (Wildman–Crippen MR) is 112 cm³/mol. The number of rotatable bonds is 7. The third kappa shape index (κ3) is 4.55. The van der Waals surface area contributed by atoms with E-state index in [0.717, 1.165) is 11.1 Å². The summed E-state index contributed by atoms with van der Waals surface area (Å²) < 4.78 is 7.16. The number of carbonyl (C=O) groups is 2. The van der Waals surface area contributed by atoms with Crippen LogP contribution in [-0.2, 0) is 17.9 Å². The standard InChI is InChI=1S/C23H21N3O3/c27-22(12-14-26-13-11-18-4-1-2-5-20(18)26)24-16-17-7-9-19(10-8-17)25-23(28)21-6-3-15-29-21/h1-11,13,15H,12,14,16H2,(H,24,27)(H,25,28). The summed E-state index contributed by atoms with van der Waals surface area (Å²) in [4.78, 5) is 24.2. The molecule has 4 rings (SSSR count). The van der Waals surface area contributed by atoms with Crippen LogP contribution in [0.15, 0.2) is 83.6 Å². The van der Waals surface area contributed by atoms with E-state index in [1.807, 2.05) is 30.5 Å². The van der Waals surface area contributed by atoms with Gasteiger partial charge in [-0.1, -0.05) is 30.3 Å². The molecule has 2 amide bonds. The van der Waals surface area contributed by atoms with Gasteiger partial charge in [-0.25, -0.2) is 0 Å². The molecule has 2 heterocycles. The summed E-state index contributed by atoms with van der Waals surface area (Å²) in [5.41, 5.74) is 2.76. The zero-order valence-electron chi connectivity index (χ0n) is 15.8. The van der Waals surface area contributed by atoms with Gasteiger partial charge in [-0.15, -0.1) is 0 Å². The summed E-state index contributed by atoms with van der Waals surface area (Å²) in [7, 11) is 0. The Labute approximate surface area is 168 Å². The van der Waals surface area contributed by atoms with Crippen molar-refractivity contribution in [3.63, 3.8) is 0 Å². The van der Waals surface area contributed by atoms with E-state index in [9.17, 15) is 9.59 Å². The minimum Gasteiger partial charge on any atom is -0.459 e. The van der Waals surface area contributed by atoms with Crippen molar-refractivity contribution >= 4 is 28.4 Å². The topological polar surface area (TPSA) is 76.3 Å². The molecule has 0 bridgehead atoms. The summed E-state index contributed by atoms with van der Waals surface area (Å²) in [6.07, 6.45) is 3.88. The average Bonchev–Trinajstić information content (AvgIpc) is 3.42. The van der Waals surface area contributed by atoms with Gasteiger partial charge in [0.1, 0.15) is 0 Å². The highest BCUT2D eigenvalue weighted by Gasteiger charge is 2.09. The number of nitrogens with zero attached hydrogens (tertiary/aromatic N) is 1. The molecule has 0 spiro atoms. The lowest BCUT2D eigenvalue weighted by Crippen LogP contribution is -2.23. The van der Waals surface area contributed by atoms with E-state index in [2.05, 4.69) is 33.4 Å². The molecule has 146 valence electrons. The van der Waals surface area contributed by atoms with E-state index in [1.165, 1.54) is 11.6 Å². The van der Waals surface area contributed by atoms with E-state index in [0.29, 0.717) is 25.2 Å². The quantitative estimate of drug-likeness (QED) is 0.499. The molecule has 29 heavy (non-hydrogen) atoms. The first-order chi connectivity index (χ1) is 14.2. The molecule has 2 N–H and O–H groups in total. The maximum Gasteiger partial charge on any atom is 0.291 e. The fraction of sp³-hybridized carbons (Fsp3) is 0.130. The Hall–Kier alpha value is -3.80. The van der Waals surface area contributed by atoms with Crippen molar-refractivity contribution in [2.24, 2.45) is 0 Å². The second kappa shape index (κ2) is 8.48. The first-order valence-electron chi connectivity index (χ1n) is 9.43. The van der Waals surface area contributed by atoms with E-state index < -0.39 is 0 Å². The summed E-state index contributed by atoms with van der Waals surface area (Å²) in [6.45, 7) is 1.08. The molecular weight excluding hydrogens is 366 g/mol. The first-order valence-corrected chi connectivity index (χ1v) is 9.43. The molecule has 0 saturated carbocycles. The zero-order valence-corrected chi connectivity index (χ0v) is 15.8. The van der Waals surface area contributed by atoms with Crippen LogP contribution in [-0.4, -0.2) is 16.4 Å². The second-order valence-electron chi connectivity index (χ2n) is 6.72. The Balaban J connectivity index is 1.25. The molecular formula is C23H21N3O3. The van der Waals surface area contributed by atoms with Crippen LogP contribution in [0.5, 0.6) is 0 Å². The minimum atomic E-state index is -0.298. The van der Waals surface area contributed by atoms with Gasteiger partial charge in [0.2, 0.25) is 5.91 Å². The maximum absolute atomic E-state index is 12.2. The lowest BCUT2D eigenvalue weighted by molar-refractivity contribution is -0.121. The summed E-state index contributed by atoms with van der Waals surface area (Å²) in [5.74, 6) is -0.0385. The van der Waals surface area contributed by atoms with Crippen LogP contribution in [0.3, 0.4) is 0 Å². The normalized spacial score (nSPS) is 10.8. The lowest BCUT2D eigenvalue weighted by atomic mass is 10.2. The molecule has 0 aliphatic carbocycles. The van der Waals surface area contributed by atoms with Gasteiger partial charge in [0.25, 0.3) is 5.91 Å². The van der Waals surface area contributed by atoms with Crippen molar-refractivity contribution in [2.75, 3.05) is 5.32 Å². The number of anilines is 1. The molecule has 6 nitrogen and oxygen atoms in total. The number of carbonyl (C=O) groups excluding carboxylic acids is 2. The van der Waals surface area contributed by atoms with Gasteiger partial charge in [0.05, 0.1) is 6.26 Å². The van der Waals surface area contributed by atoms with Crippen LogP contribution in [0.1, 0.15) is 22.5 Å². The zero-order chi connectivity index (χ0) is 20.1. The average molecular weight is 387 g/mol.